The van der Waals surface area contributed by atoms with Crippen molar-refractivity contribution < 1.29 is 0 Å². The minimum atomic E-state index is 0.320. The Balaban J connectivity index is 1.94. The molecule has 2 nitrogen and oxygen atoms in total. The minimum Gasteiger partial charge on any atom is -0.300 e. The van der Waals surface area contributed by atoms with E-state index in [1.807, 2.05) is 0 Å². The fourth-order valence-corrected chi connectivity index (χ4v) is 3.87. The number of likely N-dealkylation sites (tertiary alicyclic amines) is 1. The van der Waals surface area contributed by atoms with Crippen molar-refractivity contribution in [1.29, 1.82) is 5.26 Å². The first-order valence-electron chi connectivity index (χ1n) is 7.74. The molecular formula is C16H28N2. The predicted molar refractivity (Wildman–Crippen MR) is 75.2 cm³/mol. The summed E-state index contributed by atoms with van der Waals surface area (Å²) < 4.78 is 0. The van der Waals surface area contributed by atoms with E-state index in [2.05, 4.69) is 24.8 Å². The summed E-state index contributed by atoms with van der Waals surface area (Å²) in [6, 6.07) is 3.21. The molecule has 18 heavy (non-hydrogen) atoms. The number of hydrogen-bond acceptors (Lipinski definition) is 2. The Kier molecular flexibility index (Phi) is 4.67. The van der Waals surface area contributed by atoms with Crippen LogP contribution in [0.3, 0.4) is 0 Å². The highest BCUT2D eigenvalue weighted by atomic mass is 15.2. The maximum absolute atomic E-state index is 8.94. The first-order chi connectivity index (χ1) is 8.63. The molecule has 2 rings (SSSR count). The van der Waals surface area contributed by atoms with Crippen LogP contribution in [0.25, 0.3) is 0 Å². The lowest BCUT2D eigenvalue weighted by Gasteiger charge is -2.46. The van der Waals surface area contributed by atoms with Gasteiger partial charge in [-0.2, -0.15) is 5.26 Å². The van der Waals surface area contributed by atoms with Gasteiger partial charge < -0.3 is 0 Å². The van der Waals surface area contributed by atoms with E-state index in [9.17, 15) is 0 Å². The van der Waals surface area contributed by atoms with Crippen LogP contribution in [0.15, 0.2) is 0 Å². The van der Waals surface area contributed by atoms with Crippen LogP contribution in [0.2, 0.25) is 0 Å². The summed E-state index contributed by atoms with van der Waals surface area (Å²) in [5.74, 6) is 0.601. The van der Waals surface area contributed by atoms with Gasteiger partial charge in [-0.15, -0.1) is 0 Å². The molecule has 0 aromatic carbocycles. The lowest BCUT2D eigenvalue weighted by atomic mass is 9.72. The third kappa shape index (κ3) is 3.26. The number of rotatable bonds is 2. The summed E-state index contributed by atoms with van der Waals surface area (Å²) in [7, 11) is 0. The second-order valence-corrected chi connectivity index (χ2v) is 6.95. The molecule has 2 heteroatoms. The summed E-state index contributed by atoms with van der Waals surface area (Å²) in [6.45, 7) is 7.14. The summed E-state index contributed by atoms with van der Waals surface area (Å²) in [5.41, 5.74) is 0.320. The molecule has 0 spiro atoms. The molecular weight excluding hydrogens is 220 g/mol. The highest BCUT2D eigenvalue weighted by molar-refractivity contribution is 4.93. The fourth-order valence-electron chi connectivity index (χ4n) is 3.87. The van der Waals surface area contributed by atoms with Crippen LogP contribution < -0.4 is 0 Å². The van der Waals surface area contributed by atoms with Crippen LogP contribution in [-0.2, 0) is 0 Å². The maximum atomic E-state index is 8.94. The molecule has 1 saturated carbocycles. The first-order valence-corrected chi connectivity index (χ1v) is 7.74. The Bertz CT molecular complexity index is 295. The smallest absolute Gasteiger partial charge is 0.0624 e. The van der Waals surface area contributed by atoms with Gasteiger partial charge in [-0.25, -0.2) is 0 Å². The van der Waals surface area contributed by atoms with Crippen molar-refractivity contribution in [3.8, 4) is 6.07 Å². The molecule has 2 fully saturated rings. The quantitative estimate of drug-likeness (QED) is 0.691. The standard InChI is InChI=1S/C16H28N2/c1-16(2)13-18(12-10-14(16)9-11-17)15-7-5-3-4-6-8-15/h14-15H,3-10,12-13H2,1-2H3. The molecule has 102 valence electrons. The van der Waals surface area contributed by atoms with Crippen LogP contribution in [0, 0.1) is 22.7 Å². The number of hydrogen-bond donors (Lipinski definition) is 0. The maximum Gasteiger partial charge on any atom is 0.0624 e. The molecule has 0 bridgehead atoms. The SMILES string of the molecule is CC1(C)CN(C2CCCCCC2)CCC1CC#N. The highest BCUT2D eigenvalue weighted by Crippen LogP contribution is 2.38. The molecule has 1 atom stereocenters. The number of nitrogens with zero attached hydrogens (tertiary/aromatic N) is 2. The van der Waals surface area contributed by atoms with E-state index < -0.39 is 0 Å². The van der Waals surface area contributed by atoms with Crippen LogP contribution in [0.1, 0.15) is 65.2 Å². The van der Waals surface area contributed by atoms with Gasteiger partial charge in [-0.05, 0) is 37.1 Å². The molecule has 0 N–H and O–H groups in total. The van der Waals surface area contributed by atoms with Crippen LogP contribution in [0.4, 0.5) is 0 Å². The van der Waals surface area contributed by atoms with Gasteiger partial charge in [-0.3, -0.25) is 4.90 Å². The van der Waals surface area contributed by atoms with E-state index in [1.165, 1.54) is 58.0 Å². The normalized spacial score (nSPS) is 30.6. The van der Waals surface area contributed by atoms with Gasteiger partial charge >= 0.3 is 0 Å². The third-order valence-electron chi connectivity index (χ3n) is 5.16. The molecule has 1 aliphatic carbocycles. The topological polar surface area (TPSA) is 27.0 Å². The van der Waals surface area contributed by atoms with Gasteiger partial charge in [-0.1, -0.05) is 39.5 Å². The largest absolute Gasteiger partial charge is 0.300 e. The van der Waals surface area contributed by atoms with Crippen LogP contribution >= 0.6 is 0 Å². The van der Waals surface area contributed by atoms with Crippen molar-refractivity contribution in [2.75, 3.05) is 13.1 Å². The van der Waals surface area contributed by atoms with Crippen molar-refractivity contribution in [3.63, 3.8) is 0 Å². The average Bonchev–Trinajstić information content (AvgIpc) is 2.60. The average molecular weight is 248 g/mol. The Morgan fingerprint density at radius 2 is 1.78 bits per heavy atom. The van der Waals surface area contributed by atoms with E-state index in [4.69, 9.17) is 5.26 Å². The predicted octanol–water partition coefficient (Wildman–Crippen LogP) is 3.97. The van der Waals surface area contributed by atoms with E-state index >= 15 is 0 Å². The van der Waals surface area contributed by atoms with E-state index in [0.717, 1.165) is 12.5 Å². The second-order valence-electron chi connectivity index (χ2n) is 6.95. The molecule has 0 amide bonds. The molecule has 1 unspecified atom stereocenters. The summed E-state index contributed by atoms with van der Waals surface area (Å²) in [5, 5.41) is 8.94. The minimum absolute atomic E-state index is 0.320. The Hall–Kier alpha value is -0.550. The number of nitriles is 1. The molecule has 2 aliphatic rings. The van der Waals surface area contributed by atoms with Gasteiger partial charge in [0.05, 0.1) is 6.07 Å². The zero-order chi connectivity index (χ0) is 13.0. The third-order valence-corrected chi connectivity index (χ3v) is 5.16. The van der Waals surface area contributed by atoms with Gasteiger partial charge in [0.1, 0.15) is 0 Å². The van der Waals surface area contributed by atoms with Crippen LogP contribution in [0.5, 0.6) is 0 Å². The van der Waals surface area contributed by atoms with Crippen LogP contribution in [-0.4, -0.2) is 24.0 Å². The van der Waals surface area contributed by atoms with Gasteiger partial charge in [0.2, 0.25) is 0 Å². The molecule has 1 aliphatic heterocycles. The monoisotopic (exact) mass is 248 g/mol. The van der Waals surface area contributed by atoms with E-state index in [0.29, 0.717) is 11.3 Å². The van der Waals surface area contributed by atoms with Crippen molar-refractivity contribution in [3.05, 3.63) is 0 Å². The second kappa shape index (κ2) is 6.06. The Morgan fingerprint density at radius 3 is 2.33 bits per heavy atom. The van der Waals surface area contributed by atoms with E-state index in [1.54, 1.807) is 0 Å². The van der Waals surface area contributed by atoms with Crippen molar-refractivity contribution >= 4 is 0 Å². The summed E-state index contributed by atoms with van der Waals surface area (Å²) in [6.07, 6.45) is 10.5. The molecule has 1 saturated heterocycles. The van der Waals surface area contributed by atoms with E-state index in [-0.39, 0.29) is 0 Å². The lowest BCUT2D eigenvalue weighted by molar-refractivity contribution is 0.0253. The van der Waals surface area contributed by atoms with Crippen molar-refractivity contribution in [2.24, 2.45) is 11.3 Å². The Morgan fingerprint density at radius 1 is 1.11 bits per heavy atom. The molecule has 1 heterocycles. The van der Waals surface area contributed by atoms with Gasteiger partial charge in [0, 0.05) is 19.0 Å². The highest BCUT2D eigenvalue weighted by Gasteiger charge is 2.37. The molecule has 0 radical (unpaired) electrons. The Labute approximate surface area is 112 Å². The molecule has 0 aromatic heterocycles. The van der Waals surface area contributed by atoms with Crippen molar-refractivity contribution in [1.82, 2.24) is 4.90 Å². The van der Waals surface area contributed by atoms with Gasteiger partial charge in [0.15, 0.2) is 0 Å². The van der Waals surface area contributed by atoms with Gasteiger partial charge in [0.25, 0.3) is 0 Å². The van der Waals surface area contributed by atoms with Crippen molar-refractivity contribution in [2.45, 2.75) is 71.3 Å². The summed E-state index contributed by atoms with van der Waals surface area (Å²) >= 11 is 0. The zero-order valence-electron chi connectivity index (χ0n) is 12.1. The first kappa shape index (κ1) is 13.9. The summed E-state index contributed by atoms with van der Waals surface area (Å²) in [4.78, 5) is 2.74. The fraction of sp³-hybridized carbons (Fsp3) is 0.938. The lowest BCUT2D eigenvalue weighted by Crippen LogP contribution is -2.49. The zero-order valence-corrected chi connectivity index (χ0v) is 12.1. The number of piperidine rings is 1. The molecule has 0 aromatic rings.